The predicted octanol–water partition coefficient (Wildman–Crippen LogP) is 2.64. The van der Waals surface area contributed by atoms with Crippen LogP contribution in [0.15, 0.2) is 12.2 Å². The number of hydrogen-bond acceptors (Lipinski definition) is 1. The molecule has 0 bridgehead atoms. The van der Waals surface area contributed by atoms with Gasteiger partial charge in [0.2, 0.25) is 0 Å². The first-order chi connectivity index (χ1) is 6.08. The van der Waals surface area contributed by atoms with Gasteiger partial charge in [-0.25, -0.2) is 0 Å². The lowest BCUT2D eigenvalue weighted by molar-refractivity contribution is -0.135. The molecule has 1 aliphatic carbocycles. The summed E-state index contributed by atoms with van der Waals surface area (Å²) in [5, 5.41) is 3.09. The molecule has 0 aromatic carbocycles. The van der Waals surface area contributed by atoms with Crippen LogP contribution in [0.25, 0.3) is 0 Å². The van der Waals surface area contributed by atoms with E-state index in [2.05, 4.69) is 17.5 Å². The highest BCUT2D eigenvalue weighted by atomic mass is 19.4. The SMILES string of the molecule is FC(F)(F)CCCNC1CC=CC1. The van der Waals surface area contributed by atoms with Crippen LogP contribution in [0.1, 0.15) is 25.7 Å². The quantitative estimate of drug-likeness (QED) is 0.534. The van der Waals surface area contributed by atoms with Crippen LogP contribution in [-0.4, -0.2) is 18.8 Å². The van der Waals surface area contributed by atoms with E-state index in [1.165, 1.54) is 0 Å². The summed E-state index contributed by atoms with van der Waals surface area (Å²) in [7, 11) is 0. The minimum absolute atomic E-state index is 0.181. The largest absolute Gasteiger partial charge is 0.389 e. The molecule has 4 heteroatoms. The van der Waals surface area contributed by atoms with Crippen LogP contribution in [-0.2, 0) is 0 Å². The maximum atomic E-state index is 11.7. The molecule has 1 nitrogen and oxygen atoms in total. The third kappa shape index (κ3) is 4.93. The van der Waals surface area contributed by atoms with E-state index in [1.54, 1.807) is 0 Å². The van der Waals surface area contributed by atoms with Crippen molar-refractivity contribution < 1.29 is 13.2 Å². The first kappa shape index (κ1) is 10.6. The highest BCUT2D eigenvalue weighted by Crippen LogP contribution is 2.20. The van der Waals surface area contributed by atoms with Gasteiger partial charge in [0, 0.05) is 12.5 Å². The fourth-order valence-corrected chi connectivity index (χ4v) is 1.38. The van der Waals surface area contributed by atoms with E-state index in [1.807, 2.05) is 0 Å². The number of rotatable bonds is 4. The monoisotopic (exact) mass is 193 g/mol. The molecule has 0 fully saturated rings. The molecule has 0 atom stereocenters. The second kappa shape index (κ2) is 4.65. The van der Waals surface area contributed by atoms with Crippen molar-refractivity contribution in [2.24, 2.45) is 0 Å². The molecule has 0 radical (unpaired) electrons. The van der Waals surface area contributed by atoms with Gasteiger partial charge in [-0.3, -0.25) is 0 Å². The number of alkyl halides is 3. The molecule has 1 aliphatic rings. The van der Waals surface area contributed by atoms with Crippen molar-refractivity contribution in [3.8, 4) is 0 Å². The average Bonchev–Trinajstić information content (AvgIpc) is 2.48. The van der Waals surface area contributed by atoms with E-state index in [9.17, 15) is 13.2 Å². The van der Waals surface area contributed by atoms with Gasteiger partial charge < -0.3 is 5.32 Å². The first-order valence-electron chi connectivity index (χ1n) is 4.53. The molecule has 76 valence electrons. The summed E-state index contributed by atoms with van der Waals surface area (Å²) in [6.45, 7) is 0.464. The molecule has 0 aromatic heterocycles. The molecule has 0 unspecified atom stereocenters. The minimum Gasteiger partial charge on any atom is -0.313 e. The van der Waals surface area contributed by atoms with E-state index in [0.29, 0.717) is 12.6 Å². The minimum atomic E-state index is -4.00. The Labute approximate surface area is 76.0 Å². The maximum Gasteiger partial charge on any atom is 0.389 e. The second-order valence-electron chi connectivity index (χ2n) is 3.31. The summed E-state index contributed by atoms with van der Waals surface area (Å²) in [6.07, 6.45) is 1.51. The summed E-state index contributed by atoms with van der Waals surface area (Å²) in [6, 6.07) is 0.369. The number of nitrogens with one attached hydrogen (secondary N) is 1. The molecule has 0 aliphatic heterocycles. The van der Waals surface area contributed by atoms with Crippen molar-refractivity contribution in [1.82, 2.24) is 5.32 Å². The number of hydrogen-bond donors (Lipinski definition) is 1. The zero-order valence-corrected chi connectivity index (χ0v) is 7.40. The Bertz CT molecular complexity index is 166. The van der Waals surface area contributed by atoms with Crippen molar-refractivity contribution in [3.05, 3.63) is 12.2 Å². The molecule has 1 N–H and O–H groups in total. The summed E-state index contributed by atoms with van der Waals surface area (Å²) < 4.78 is 35.1. The summed E-state index contributed by atoms with van der Waals surface area (Å²) in [4.78, 5) is 0. The summed E-state index contributed by atoms with van der Waals surface area (Å²) in [5.74, 6) is 0. The van der Waals surface area contributed by atoms with E-state index < -0.39 is 12.6 Å². The maximum absolute atomic E-state index is 11.7. The highest BCUT2D eigenvalue weighted by molar-refractivity contribution is 4.97. The lowest BCUT2D eigenvalue weighted by Crippen LogP contribution is -2.28. The molecule has 0 heterocycles. The van der Waals surface area contributed by atoms with E-state index in [-0.39, 0.29) is 6.42 Å². The Kier molecular flexibility index (Phi) is 3.78. The van der Waals surface area contributed by atoms with Crippen LogP contribution < -0.4 is 5.32 Å². The standard InChI is InChI=1S/C9H14F3N/c10-9(11,12)6-3-7-13-8-4-1-2-5-8/h1-2,8,13H,3-7H2. The van der Waals surface area contributed by atoms with Crippen molar-refractivity contribution >= 4 is 0 Å². The topological polar surface area (TPSA) is 12.0 Å². The van der Waals surface area contributed by atoms with Gasteiger partial charge in [-0.2, -0.15) is 13.2 Å². The summed E-state index contributed by atoms with van der Waals surface area (Å²) >= 11 is 0. The van der Waals surface area contributed by atoms with Crippen molar-refractivity contribution in [3.63, 3.8) is 0 Å². The van der Waals surface area contributed by atoms with Crippen LogP contribution in [0, 0.1) is 0 Å². The molecule has 0 amide bonds. The fourth-order valence-electron chi connectivity index (χ4n) is 1.38. The Morgan fingerprint density at radius 2 is 1.85 bits per heavy atom. The molecule has 13 heavy (non-hydrogen) atoms. The van der Waals surface area contributed by atoms with Crippen molar-refractivity contribution in [1.29, 1.82) is 0 Å². The number of halogens is 3. The van der Waals surface area contributed by atoms with E-state index in [0.717, 1.165) is 12.8 Å². The Morgan fingerprint density at radius 3 is 2.38 bits per heavy atom. The normalized spacial score (nSPS) is 18.4. The lowest BCUT2D eigenvalue weighted by Gasteiger charge is -2.12. The van der Waals surface area contributed by atoms with Gasteiger partial charge >= 0.3 is 6.18 Å². The van der Waals surface area contributed by atoms with Crippen LogP contribution in [0.4, 0.5) is 13.2 Å². The van der Waals surface area contributed by atoms with Gasteiger partial charge in [0.05, 0.1) is 0 Å². The molecule has 0 saturated heterocycles. The van der Waals surface area contributed by atoms with E-state index in [4.69, 9.17) is 0 Å². The molecular weight excluding hydrogens is 179 g/mol. The molecule has 0 saturated carbocycles. The molecular formula is C9H14F3N. The Morgan fingerprint density at radius 1 is 1.23 bits per heavy atom. The molecule has 0 aromatic rings. The molecule has 1 rings (SSSR count). The van der Waals surface area contributed by atoms with Gasteiger partial charge in [0.1, 0.15) is 0 Å². The predicted molar refractivity (Wildman–Crippen MR) is 45.5 cm³/mol. The van der Waals surface area contributed by atoms with Gasteiger partial charge in [-0.05, 0) is 25.8 Å². The van der Waals surface area contributed by atoms with E-state index >= 15 is 0 Å². The lowest BCUT2D eigenvalue weighted by atomic mass is 10.2. The smallest absolute Gasteiger partial charge is 0.313 e. The highest BCUT2D eigenvalue weighted by Gasteiger charge is 2.25. The summed E-state index contributed by atoms with van der Waals surface area (Å²) in [5.41, 5.74) is 0. The Balaban J connectivity index is 1.95. The second-order valence-corrected chi connectivity index (χ2v) is 3.31. The third-order valence-electron chi connectivity index (χ3n) is 2.08. The van der Waals surface area contributed by atoms with Crippen molar-refractivity contribution in [2.75, 3.05) is 6.54 Å². The van der Waals surface area contributed by atoms with Gasteiger partial charge in [0.15, 0.2) is 0 Å². The Hall–Kier alpha value is -0.510. The van der Waals surface area contributed by atoms with Crippen LogP contribution in [0.5, 0.6) is 0 Å². The molecule has 0 spiro atoms. The van der Waals surface area contributed by atoms with Crippen LogP contribution in [0.3, 0.4) is 0 Å². The van der Waals surface area contributed by atoms with Crippen molar-refractivity contribution in [2.45, 2.75) is 37.9 Å². The average molecular weight is 193 g/mol. The zero-order chi connectivity index (χ0) is 9.73. The first-order valence-corrected chi connectivity index (χ1v) is 4.53. The van der Waals surface area contributed by atoms with Gasteiger partial charge in [-0.1, -0.05) is 12.2 Å². The van der Waals surface area contributed by atoms with Crippen LogP contribution in [0.2, 0.25) is 0 Å². The van der Waals surface area contributed by atoms with Gasteiger partial charge in [0.25, 0.3) is 0 Å². The van der Waals surface area contributed by atoms with Gasteiger partial charge in [-0.15, -0.1) is 0 Å². The zero-order valence-electron chi connectivity index (χ0n) is 7.40. The third-order valence-corrected chi connectivity index (χ3v) is 2.08. The van der Waals surface area contributed by atoms with Crippen LogP contribution >= 0.6 is 0 Å². The fraction of sp³-hybridized carbons (Fsp3) is 0.778.